The van der Waals surface area contributed by atoms with Crippen molar-refractivity contribution in [2.75, 3.05) is 7.11 Å². The van der Waals surface area contributed by atoms with E-state index in [0.29, 0.717) is 17.9 Å². The summed E-state index contributed by atoms with van der Waals surface area (Å²) in [6.07, 6.45) is 3.26. The Labute approximate surface area is 116 Å². The largest absolute Gasteiger partial charge is 0.469 e. The zero-order chi connectivity index (χ0) is 14.1. The number of carbonyl (C=O) groups excluding carboxylic acids is 1. The van der Waals surface area contributed by atoms with Crippen molar-refractivity contribution in [2.45, 2.75) is 19.4 Å². The summed E-state index contributed by atoms with van der Waals surface area (Å²) in [6, 6.07) is 6.54. The van der Waals surface area contributed by atoms with E-state index in [2.05, 4.69) is 4.98 Å². The number of imidazole rings is 1. The van der Waals surface area contributed by atoms with E-state index in [1.165, 1.54) is 13.2 Å². The minimum Gasteiger partial charge on any atom is -0.469 e. The molecule has 0 aliphatic carbocycles. The lowest BCUT2D eigenvalue weighted by molar-refractivity contribution is -0.146. The smallest absolute Gasteiger partial charge is 0.310 e. The van der Waals surface area contributed by atoms with Crippen LogP contribution in [0, 0.1) is 11.7 Å². The van der Waals surface area contributed by atoms with Gasteiger partial charge >= 0.3 is 5.97 Å². The first-order valence-electron chi connectivity index (χ1n) is 6.58. The predicted octanol–water partition coefficient (Wildman–Crippen LogP) is 2.42. The molecule has 3 rings (SSSR count). The van der Waals surface area contributed by atoms with E-state index in [4.69, 9.17) is 4.74 Å². The molecule has 0 spiro atoms. The Morgan fingerprint density at radius 1 is 1.45 bits per heavy atom. The van der Waals surface area contributed by atoms with Crippen molar-refractivity contribution in [3.63, 3.8) is 0 Å². The number of hydrogen-bond donors (Lipinski definition) is 0. The molecule has 1 atom stereocenters. The standard InChI is InChI=1S/C15H15FN2O2/c1-20-15(19)10-6-7-11-8-17-14(18(11)9-10)12-4-2-3-5-13(12)16/h2-5,8,10H,6-7,9H2,1H3. The molecule has 0 fully saturated rings. The quantitative estimate of drug-likeness (QED) is 0.790. The van der Waals surface area contributed by atoms with Gasteiger partial charge in [-0.25, -0.2) is 9.37 Å². The highest BCUT2D eigenvalue weighted by atomic mass is 19.1. The highest BCUT2D eigenvalue weighted by Gasteiger charge is 2.28. The second-order valence-corrected chi connectivity index (χ2v) is 4.92. The van der Waals surface area contributed by atoms with Gasteiger partial charge < -0.3 is 9.30 Å². The van der Waals surface area contributed by atoms with Crippen LogP contribution < -0.4 is 0 Å². The highest BCUT2D eigenvalue weighted by molar-refractivity contribution is 5.72. The van der Waals surface area contributed by atoms with E-state index < -0.39 is 0 Å². The molecule has 0 amide bonds. The van der Waals surface area contributed by atoms with Crippen LogP contribution in [0.1, 0.15) is 12.1 Å². The average molecular weight is 274 g/mol. The lowest BCUT2D eigenvalue weighted by Crippen LogP contribution is -2.27. The van der Waals surface area contributed by atoms with Crippen molar-refractivity contribution in [1.82, 2.24) is 9.55 Å². The first-order chi connectivity index (χ1) is 9.70. The van der Waals surface area contributed by atoms with Gasteiger partial charge in [0.1, 0.15) is 11.6 Å². The third-order valence-electron chi connectivity index (χ3n) is 3.74. The number of rotatable bonds is 2. The lowest BCUT2D eigenvalue weighted by Gasteiger charge is -2.23. The number of benzene rings is 1. The maximum atomic E-state index is 13.9. The van der Waals surface area contributed by atoms with Gasteiger partial charge in [-0.3, -0.25) is 4.79 Å². The Kier molecular flexibility index (Phi) is 3.26. The summed E-state index contributed by atoms with van der Waals surface area (Å²) in [6.45, 7) is 0.492. The molecule has 1 aliphatic heterocycles. The van der Waals surface area contributed by atoms with E-state index >= 15 is 0 Å². The summed E-state index contributed by atoms with van der Waals surface area (Å²) < 4.78 is 20.6. The van der Waals surface area contributed by atoms with Crippen molar-refractivity contribution < 1.29 is 13.9 Å². The third-order valence-corrected chi connectivity index (χ3v) is 3.74. The predicted molar refractivity (Wildman–Crippen MR) is 71.4 cm³/mol. The van der Waals surface area contributed by atoms with Gasteiger partial charge in [0.25, 0.3) is 0 Å². The van der Waals surface area contributed by atoms with Crippen LogP contribution in [0.4, 0.5) is 4.39 Å². The number of hydrogen-bond acceptors (Lipinski definition) is 3. The Morgan fingerprint density at radius 3 is 3.00 bits per heavy atom. The van der Waals surface area contributed by atoms with Gasteiger partial charge in [-0.15, -0.1) is 0 Å². The Bertz CT molecular complexity index is 651. The normalized spacial score (nSPS) is 17.6. The van der Waals surface area contributed by atoms with Crippen LogP contribution in [0.3, 0.4) is 0 Å². The second kappa shape index (κ2) is 5.07. The minimum absolute atomic E-state index is 0.188. The summed E-state index contributed by atoms with van der Waals surface area (Å²) >= 11 is 0. The average Bonchev–Trinajstić information content (AvgIpc) is 2.90. The Balaban J connectivity index is 1.99. The third kappa shape index (κ3) is 2.09. The maximum Gasteiger partial charge on any atom is 0.310 e. The molecule has 1 aliphatic rings. The number of fused-ring (bicyclic) bond motifs is 1. The van der Waals surface area contributed by atoms with Crippen molar-refractivity contribution in [3.05, 3.63) is 42.0 Å². The van der Waals surface area contributed by atoms with Gasteiger partial charge in [0.2, 0.25) is 0 Å². The molecule has 20 heavy (non-hydrogen) atoms. The SMILES string of the molecule is COC(=O)C1CCc2cnc(-c3ccccc3F)n2C1. The Morgan fingerprint density at radius 2 is 2.25 bits per heavy atom. The molecule has 5 heteroatoms. The topological polar surface area (TPSA) is 44.1 Å². The number of methoxy groups -OCH3 is 1. The van der Waals surface area contributed by atoms with E-state index in [9.17, 15) is 9.18 Å². The maximum absolute atomic E-state index is 13.9. The van der Waals surface area contributed by atoms with Crippen LogP contribution in [-0.4, -0.2) is 22.6 Å². The first-order valence-corrected chi connectivity index (χ1v) is 6.58. The summed E-state index contributed by atoms with van der Waals surface area (Å²) in [5.74, 6) is -0.135. The molecule has 0 saturated heterocycles. The molecular formula is C15H15FN2O2. The van der Waals surface area contributed by atoms with Gasteiger partial charge in [0.05, 0.1) is 18.6 Å². The van der Waals surface area contributed by atoms with Gasteiger partial charge in [0, 0.05) is 18.4 Å². The second-order valence-electron chi connectivity index (χ2n) is 4.92. The van der Waals surface area contributed by atoms with Crippen LogP contribution in [0.25, 0.3) is 11.4 Å². The van der Waals surface area contributed by atoms with Crippen LogP contribution in [0.15, 0.2) is 30.5 Å². The molecule has 2 heterocycles. The van der Waals surface area contributed by atoms with Crippen molar-refractivity contribution in [1.29, 1.82) is 0 Å². The van der Waals surface area contributed by atoms with Crippen molar-refractivity contribution in [3.8, 4) is 11.4 Å². The molecule has 1 unspecified atom stereocenters. The Hall–Kier alpha value is -2.17. The number of esters is 1. The molecule has 0 radical (unpaired) electrons. The van der Waals surface area contributed by atoms with Crippen molar-refractivity contribution in [2.24, 2.45) is 5.92 Å². The number of carbonyl (C=O) groups is 1. The van der Waals surface area contributed by atoms with Gasteiger partial charge in [0.15, 0.2) is 0 Å². The van der Waals surface area contributed by atoms with Gasteiger partial charge in [-0.05, 0) is 25.0 Å². The molecule has 1 aromatic carbocycles. The first kappa shape index (κ1) is 12.8. The molecule has 2 aromatic rings. The van der Waals surface area contributed by atoms with Crippen LogP contribution in [0.5, 0.6) is 0 Å². The molecular weight excluding hydrogens is 259 g/mol. The lowest BCUT2D eigenvalue weighted by atomic mass is 9.98. The summed E-state index contributed by atoms with van der Waals surface area (Å²) in [5, 5.41) is 0. The molecule has 4 nitrogen and oxygen atoms in total. The van der Waals surface area contributed by atoms with Crippen LogP contribution in [-0.2, 0) is 22.5 Å². The minimum atomic E-state index is -0.305. The van der Waals surface area contributed by atoms with E-state index in [1.54, 1.807) is 24.4 Å². The number of nitrogens with zero attached hydrogens (tertiary/aromatic N) is 2. The van der Waals surface area contributed by atoms with Crippen LogP contribution >= 0.6 is 0 Å². The highest BCUT2D eigenvalue weighted by Crippen LogP contribution is 2.28. The number of ether oxygens (including phenoxy) is 1. The van der Waals surface area contributed by atoms with E-state index in [0.717, 1.165) is 18.5 Å². The van der Waals surface area contributed by atoms with Crippen LogP contribution in [0.2, 0.25) is 0 Å². The molecule has 0 N–H and O–H groups in total. The van der Waals surface area contributed by atoms with Crippen molar-refractivity contribution >= 4 is 5.97 Å². The molecule has 0 bridgehead atoms. The fraction of sp³-hybridized carbons (Fsp3) is 0.333. The van der Waals surface area contributed by atoms with Gasteiger partial charge in [-0.1, -0.05) is 12.1 Å². The summed E-state index contributed by atoms with van der Waals surface area (Å²) in [7, 11) is 1.39. The molecule has 0 saturated carbocycles. The van der Waals surface area contributed by atoms with E-state index in [-0.39, 0.29) is 17.7 Å². The van der Waals surface area contributed by atoms with Gasteiger partial charge in [-0.2, -0.15) is 0 Å². The number of aryl methyl sites for hydroxylation is 1. The number of aromatic nitrogens is 2. The fourth-order valence-electron chi connectivity index (χ4n) is 2.66. The summed E-state index contributed by atoms with van der Waals surface area (Å²) in [5.41, 5.74) is 1.49. The monoisotopic (exact) mass is 274 g/mol. The zero-order valence-corrected chi connectivity index (χ0v) is 11.2. The summed E-state index contributed by atoms with van der Waals surface area (Å²) in [4.78, 5) is 16.0. The molecule has 104 valence electrons. The van der Waals surface area contributed by atoms with E-state index in [1.807, 2.05) is 4.57 Å². The molecule has 1 aromatic heterocycles. The zero-order valence-electron chi connectivity index (χ0n) is 11.2. The number of halogens is 1. The fourth-order valence-corrected chi connectivity index (χ4v) is 2.66.